The van der Waals surface area contributed by atoms with Crippen molar-refractivity contribution in [1.82, 2.24) is 15.0 Å². The quantitative estimate of drug-likeness (QED) is 0.346. The van der Waals surface area contributed by atoms with Crippen LogP contribution in [0.25, 0.3) is 33.4 Å². The second-order valence-electron chi connectivity index (χ2n) is 7.84. The minimum Gasteiger partial charge on any atom is -0.344 e. The van der Waals surface area contributed by atoms with E-state index in [0.717, 1.165) is 6.07 Å². The first kappa shape index (κ1) is 21.2. The van der Waals surface area contributed by atoms with Crippen LogP contribution in [-0.4, -0.2) is 33.7 Å². The van der Waals surface area contributed by atoms with Gasteiger partial charge in [0.15, 0.2) is 17.5 Å². The molecule has 4 nitrogen and oxygen atoms in total. The molecule has 1 atom stereocenters. The van der Waals surface area contributed by atoms with E-state index in [9.17, 15) is 22.0 Å². The first-order chi connectivity index (χ1) is 15.8. The smallest absolute Gasteiger partial charge is 0.344 e. The molecule has 1 fully saturated rings. The van der Waals surface area contributed by atoms with Gasteiger partial charge in [-0.05, 0) is 48.7 Å². The number of rotatable bonds is 3. The lowest BCUT2D eigenvalue weighted by Crippen LogP contribution is -2.41. The number of nitrogens with zero attached hydrogens (tertiary/aromatic N) is 4. The Balaban J connectivity index is 1.74. The third-order valence-corrected chi connectivity index (χ3v) is 5.76. The fraction of sp³-hybridized carbons (Fsp3) is 0.208. The van der Waals surface area contributed by atoms with Crippen molar-refractivity contribution in [2.45, 2.75) is 25.1 Å². The summed E-state index contributed by atoms with van der Waals surface area (Å²) in [5, 5.41) is 0.333. The predicted molar refractivity (Wildman–Crippen MR) is 115 cm³/mol. The summed E-state index contributed by atoms with van der Waals surface area (Å²) < 4.78 is 69.5. The van der Waals surface area contributed by atoms with E-state index in [1.807, 2.05) is 0 Å². The largest absolute Gasteiger partial charge is 0.408 e. The number of halogens is 5. The summed E-state index contributed by atoms with van der Waals surface area (Å²) in [5.74, 6) is -1.69. The number of hydrogen-bond donors (Lipinski definition) is 0. The van der Waals surface area contributed by atoms with Gasteiger partial charge in [0, 0.05) is 35.5 Å². The molecule has 0 bridgehead atoms. The zero-order valence-corrected chi connectivity index (χ0v) is 17.2. The lowest BCUT2D eigenvalue weighted by molar-refractivity contribution is -0.146. The molecule has 0 N–H and O–H groups in total. The van der Waals surface area contributed by atoms with E-state index in [-0.39, 0.29) is 30.2 Å². The molecule has 2 aromatic carbocycles. The zero-order chi connectivity index (χ0) is 23.2. The van der Waals surface area contributed by atoms with Crippen LogP contribution < -0.4 is 4.90 Å². The monoisotopic (exact) mass is 456 g/mol. The minimum absolute atomic E-state index is 0.00739. The van der Waals surface area contributed by atoms with Crippen molar-refractivity contribution in [2.75, 3.05) is 11.4 Å². The number of benzene rings is 2. The van der Waals surface area contributed by atoms with Gasteiger partial charge in [0.25, 0.3) is 0 Å². The Hall–Kier alpha value is -3.62. The maximum Gasteiger partial charge on any atom is 0.408 e. The van der Waals surface area contributed by atoms with Crippen LogP contribution in [0.15, 0.2) is 60.9 Å². The van der Waals surface area contributed by atoms with E-state index in [1.54, 1.807) is 30.5 Å². The molecule has 1 aliphatic rings. The van der Waals surface area contributed by atoms with Gasteiger partial charge in [-0.1, -0.05) is 18.2 Å². The molecule has 1 saturated heterocycles. The molecular formula is C24H17F5N4. The van der Waals surface area contributed by atoms with Gasteiger partial charge in [0.2, 0.25) is 0 Å². The maximum absolute atomic E-state index is 14.4. The number of alkyl halides is 3. The zero-order valence-electron chi connectivity index (χ0n) is 17.2. The number of aromatic nitrogens is 3. The summed E-state index contributed by atoms with van der Waals surface area (Å²) in [7, 11) is 0. The molecule has 9 heteroatoms. The van der Waals surface area contributed by atoms with Crippen molar-refractivity contribution in [3.8, 4) is 22.5 Å². The Kier molecular flexibility index (Phi) is 5.19. The topological polar surface area (TPSA) is 41.9 Å². The molecule has 168 valence electrons. The van der Waals surface area contributed by atoms with E-state index in [2.05, 4.69) is 15.0 Å². The van der Waals surface area contributed by atoms with E-state index in [4.69, 9.17) is 0 Å². The van der Waals surface area contributed by atoms with Gasteiger partial charge in [-0.25, -0.2) is 18.7 Å². The van der Waals surface area contributed by atoms with Crippen LogP contribution in [0.3, 0.4) is 0 Å². The third kappa shape index (κ3) is 3.88. The summed E-state index contributed by atoms with van der Waals surface area (Å²) in [6, 6.07) is 10.2. The van der Waals surface area contributed by atoms with Crippen molar-refractivity contribution in [3.63, 3.8) is 0 Å². The highest BCUT2D eigenvalue weighted by Crippen LogP contribution is 2.39. The fourth-order valence-corrected chi connectivity index (χ4v) is 4.21. The third-order valence-electron chi connectivity index (χ3n) is 5.76. The molecule has 1 aliphatic heterocycles. The molecule has 0 amide bonds. The Morgan fingerprint density at radius 3 is 2.55 bits per heavy atom. The van der Waals surface area contributed by atoms with E-state index in [0.29, 0.717) is 28.5 Å². The molecule has 2 aromatic heterocycles. The summed E-state index contributed by atoms with van der Waals surface area (Å²) in [6.07, 6.45) is -1.02. The standard InChI is InChI=1S/C24H17F5N4/c25-18-6-1-5-16(21(18)26)14-8-9-19-17(12-14)23(33-11-3-7-20(33)24(27,28)29)32-22(31-19)15-4-2-10-30-13-15/h1-2,4-6,8-10,12-13,20H,3,7,11H2/t20-/m0/s1. The van der Waals surface area contributed by atoms with Crippen LogP contribution >= 0.6 is 0 Å². The Morgan fingerprint density at radius 1 is 0.939 bits per heavy atom. The molecule has 0 radical (unpaired) electrons. The van der Waals surface area contributed by atoms with Gasteiger partial charge in [-0.2, -0.15) is 13.2 Å². The second-order valence-corrected chi connectivity index (χ2v) is 7.84. The average Bonchev–Trinajstić information content (AvgIpc) is 3.31. The first-order valence-electron chi connectivity index (χ1n) is 10.3. The van der Waals surface area contributed by atoms with Crippen LogP contribution in [0.5, 0.6) is 0 Å². The summed E-state index contributed by atoms with van der Waals surface area (Å²) in [5.41, 5.74) is 1.28. The molecule has 0 spiro atoms. The molecule has 3 heterocycles. The van der Waals surface area contributed by atoms with Gasteiger partial charge < -0.3 is 4.90 Å². The Morgan fingerprint density at radius 2 is 1.79 bits per heavy atom. The van der Waals surface area contributed by atoms with Crippen LogP contribution in [0, 0.1) is 11.6 Å². The molecular weight excluding hydrogens is 439 g/mol. The van der Waals surface area contributed by atoms with Gasteiger partial charge in [0.05, 0.1) is 5.52 Å². The molecule has 0 aliphatic carbocycles. The molecule has 0 unspecified atom stereocenters. The van der Waals surface area contributed by atoms with Crippen molar-refractivity contribution in [3.05, 3.63) is 72.6 Å². The van der Waals surface area contributed by atoms with E-state index < -0.39 is 23.9 Å². The normalized spacial score (nSPS) is 16.5. The molecule has 5 rings (SSSR count). The number of pyridine rings is 1. The van der Waals surface area contributed by atoms with Gasteiger partial charge in [-0.3, -0.25) is 4.98 Å². The average molecular weight is 456 g/mol. The molecule has 33 heavy (non-hydrogen) atoms. The van der Waals surface area contributed by atoms with Crippen molar-refractivity contribution in [1.29, 1.82) is 0 Å². The van der Waals surface area contributed by atoms with Gasteiger partial charge in [0.1, 0.15) is 11.9 Å². The SMILES string of the molecule is Fc1cccc(-c2ccc3nc(-c4cccnc4)nc(N4CCC[C@H]4C(F)(F)F)c3c2)c1F. The van der Waals surface area contributed by atoms with Gasteiger partial charge in [-0.15, -0.1) is 0 Å². The van der Waals surface area contributed by atoms with E-state index in [1.165, 1.54) is 29.3 Å². The second kappa shape index (κ2) is 8.06. The van der Waals surface area contributed by atoms with Gasteiger partial charge >= 0.3 is 6.18 Å². The first-order valence-corrected chi connectivity index (χ1v) is 10.3. The van der Waals surface area contributed by atoms with Crippen LogP contribution in [0.4, 0.5) is 27.8 Å². The summed E-state index contributed by atoms with van der Waals surface area (Å²) >= 11 is 0. The van der Waals surface area contributed by atoms with Crippen LogP contribution in [0.2, 0.25) is 0 Å². The highest BCUT2D eigenvalue weighted by molar-refractivity contribution is 5.94. The molecule has 4 aromatic rings. The Bertz CT molecular complexity index is 1320. The summed E-state index contributed by atoms with van der Waals surface area (Å²) in [6.45, 7) is 0.168. The number of anilines is 1. The lowest BCUT2D eigenvalue weighted by Gasteiger charge is -2.28. The van der Waals surface area contributed by atoms with Crippen LogP contribution in [0.1, 0.15) is 12.8 Å². The highest BCUT2D eigenvalue weighted by Gasteiger charge is 2.47. The van der Waals surface area contributed by atoms with Crippen LogP contribution in [-0.2, 0) is 0 Å². The van der Waals surface area contributed by atoms with Crippen molar-refractivity contribution in [2.24, 2.45) is 0 Å². The predicted octanol–water partition coefficient (Wildman–Crippen LogP) is 6.17. The van der Waals surface area contributed by atoms with Crippen molar-refractivity contribution >= 4 is 16.7 Å². The maximum atomic E-state index is 14.4. The van der Waals surface area contributed by atoms with Crippen molar-refractivity contribution < 1.29 is 22.0 Å². The minimum atomic E-state index is -4.44. The Labute approximate surface area is 185 Å². The summed E-state index contributed by atoms with van der Waals surface area (Å²) in [4.78, 5) is 14.3. The van der Waals surface area contributed by atoms with E-state index >= 15 is 0 Å². The lowest BCUT2D eigenvalue weighted by atomic mass is 10.0. The fourth-order valence-electron chi connectivity index (χ4n) is 4.21. The number of fused-ring (bicyclic) bond motifs is 1. The number of hydrogen-bond acceptors (Lipinski definition) is 4. The molecule has 0 saturated carbocycles. The highest BCUT2D eigenvalue weighted by atomic mass is 19.4.